The van der Waals surface area contributed by atoms with Gasteiger partial charge in [-0.3, -0.25) is 9.59 Å². The number of carboxylic acid groups (broad SMARTS) is 1. The van der Waals surface area contributed by atoms with Gasteiger partial charge in [0.25, 0.3) is 5.91 Å². The number of carboxylic acids is 1. The Bertz CT molecular complexity index is 626. The van der Waals surface area contributed by atoms with Gasteiger partial charge in [0.1, 0.15) is 12.4 Å². The van der Waals surface area contributed by atoms with Crippen molar-refractivity contribution >= 4 is 11.9 Å². The molecule has 0 spiro atoms. The van der Waals surface area contributed by atoms with Crippen LogP contribution in [0.5, 0.6) is 5.75 Å². The molecule has 3 rings (SSSR count). The first kappa shape index (κ1) is 16.8. The minimum Gasteiger partial charge on any atom is -0.490 e. The number of hydrogen-bond acceptors (Lipinski definition) is 4. The van der Waals surface area contributed by atoms with E-state index in [0.29, 0.717) is 30.9 Å². The van der Waals surface area contributed by atoms with E-state index >= 15 is 0 Å². The number of carbonyl (C=O) groups excluding carboxylic acids is 1. The highest BCUT2D eigenvalue weighted by Crippen LogP contribution is 2.32. The van der Waals surface area contributed by atoms with Crippen LogP contribution in [0.15, 0.2) is 24.3 Å². The molecule has 2 atom stereocenters. The molecular formula is C18H23NO5. The van der Waals surface area contributed by atoms with Gasteiger partial charge in [-0.1, -0.05) is 12.1 Å². The molecule has 24 heavy (non-hydrogen) atoms. The van der Waals surface area contributed by atoms with Crippen LogP contribution in [0.3, 0.4) is 0 Å². The fourth-order valence-corrected chi connectivity index (χ4v) is 3.21. The molecule has 1 aromatic carbocycles. The van der Waals surface area contributed by atoms with Crippen molar-refractivity contribution in [3.05, 3.63) is 29.8 Å². The monoisotopic (exact) mass is 333 g/mol. The third kappa shape index (κ3) is 3.38. The van der Waals surface area contributed by atoms with Gasteiger partial charge >= 0.3 is 5.97 Å². The molecule has 2 aliphatic heterocycles. The van der Waals surface area contributed by atoms with E-state index in [1.54, 1.807) is 30.0 Å². The van der Waals surface area contributed by atoms with Gasteiger partial charge in [-0.15, -0.1) is 0 Å². The number of nitrogens with zero attached hydrogens (tertiary/aromatic N) is 1. The predicted molar refractivity (Wildman–Crippen MR) is 87.2 cm³/mol. The summed E-state index contributed by atoms with van der Waals surface area (Å²) in [5.41, 5.74) is -0.395. The quantitative estimate of drug-likeness (QED) is 0.894. The van der Waals surface area contributed by atoms with Crippen LogP contribution in [0.1, 0.15) is 36.5 Å². The second-order valence-corrected chi connectivity index (χ2v) is 6.78. The Labute approximate surface area is 141 Å². The van der Waals surface area contributed by atoms with Crippen molar-refractivity contribution in [2.24, 2.45) is 5.41 Å². The fraction of sp³-hybridized carbons (Fsp3) is 0.556. The fourth-order valence-electron chi connectivity index (χ4n) is 3.21. The maximum atomic E-state index is 12.8. The molecule has 2 aliphatic rings. The Hall–Kier alpha value is -2.08. The van der Waals surface area contributed by atoms with E-state index in [1.807, 2.05) is 6.07 Å². The number of hydrogen-bond donors (Lipinski definition) is 1. The van der Waals surface area contributed by atoms with Gasteiger partial charge in [-0.2, -0.15) is 0 Å². The summed E-state index contributed by atoms with van der Waals surface area (Å²) in [6, 6.07) is 7.11. The van der Waals surface area contributed by atoms with E-state index in [2.05, 4.69) is 0 Å². The minimum absolute atomic E-state index is 0.0789. The zero-order valence-electron chi connectivity index (χ0n) is 13.9. The average molecular weight is 333 g/mol. The highest BCUT2D eigenvalue weighted by molar-refractivity contribution is 5.97. The van der Waals surface area contributed by atoms with Crippen LogP contribution in [0, 0.1) is 5.41 Å². The molecule has 6 nitrogen and oxygen atoms in total. The van der Waals surface area contributed by atoms with E-state index in [9.17, 15) is 14.7 Å². The van der Waals surface area contributed by atoms with Gasteiger partial charge in [-0.25, -0.2) is 0 Å². The van der Waals surface area contributed by atoms with Crippen molar-refractivity contribution in [2.75, 3.05) is 26.3 Å². The molecule has 2 saturated heterocycles. The van der Waals surface area contributed by atoms with E-state index < -0.39 is 11.4 Å². The topological polar surface area (TPSA) is 76.1 Å². The van der Waals surface area contributed by atoms with Crippen molar-refractivity contribution < 1.29 is 24.2 Å². The van der Waals surface area contributed by atoms with Gasteiger partial charge in [0.15, 0.2) is 0 Å². The maximum absolute atomic E-state index is 12.8. The van der Waals surface area contributed by atoms with Crippen LogP contribution < -0.4 is 4.74 Å². The lowest BCUT2D eigenvalue weighted by Crippen LogP contribution is -2.35. The van der Waals surface area contributed by atoms with E-state index in [1.165, 1.54) is 0 Å². The molecule has 0 bridgehead atoms. The van der Waals surface area contributed by atoms with Crippen LogP contribution in [0.2, 0.25) is 0 Å². The van der Waals surface area contributed by atoms with Gasteiger partial charge in [-0.05, 0) is 38.3 Å². The van der Waals surface area contributed by atoms with Crippen LogP contribution in [0.25, 0.3) is 0 Å². The lowest BCUT2D eigenvalue weighted by molar-refractivity contribution is -0.147. The Balaban J connectivity index is 1.70. The summed E-state index contributed by atoms with van der Waals surface area (Å²) in [6.45, 7) is 3.54. The third-order valence-electron chi connectivity index (χ3n) is 4.84. The molecule has 2 fully saturated rings. The third-order valence-corrected chi connectivity index (χ3v) is 4.84. The first-order chi connectivity index (χ1) is 11.5. The minimum atomic E-state index is -0.872. The maximum Gasteiger partial charge on any atom is 0.311 e. The molecule has 1 N–H and O–H groups in total. The number of para-hydroxylation sites is 1. The highest BCUT2D eigenvalue weighted by Gasteiger charge is 2.42. The summed E-state index contributed by atoms with van der Waals surface area (Å²) >= 11 is 0. The predicted octanol–water partition coefficient (Wildman–Crippen LogP) is 2.18. The Kier molecular flexibility index (Phi) is 4.76. The van der Waals surface area contributed by atoms with Crippen LogP contribution in [-0.4, -0.2) is 54.3 Å². The van der Waals surface area contributed by atoms with E-state index in [-0.39, 0.29) is 18.6 Å². The summed E-state index contributed by atoms with van der Waals surface area (Å²) in [5.74, 6) is -0.509. The zero-order valence-corrected chi connectivity index (χ0v) is 13.9. The molecule has 2 heterocycles. The highest BCUT2D eigenvalue weighted by atomic mass is 16.5. The smallest absolute Gasteiger partial charge is 0.311 e. The van der Waals surface area contributed by atoms with E-state index in [4.69, 9.17) is 9.47 Å². The summed E-state index contributed by atoms with van der Waals surface area (Å²) in [7, 11) is 0. The number of rotatable bonds is 5. The lowest BCUT2D eigenvalue weighted by Gasteiger charge is -2.21. The van der Waals surface area contributed by atoms with Crippen molar-refractivity contribution in [1.29, 1.82) is 0 Å². The largest absolute Gasteiger partial charge is 0.490 e. The van der Waals surface area contributed by atoms with Crippen molar-refractivity contribution in [2.45, 2.75) is 32.3 Å². The molecule has 1 amide bonds. The van der Waals surface area contributed by atoms with Gasteiger partial charge in [0, 0.05) is 19.7 Å². The molecule has 0 aliphatic carbocycles. The summed E-state index contributed by atoms with van der Waals surface area (Å²) < 4.78 is 11.4. The average Bonchev–Trinajstić information content (AvgIpc) is 3.23. The Morgan fingerprint density at radius 1 is 1.42 bits per heavy atom. The van der Waals surface area contributed by atoms with Crippen LogP contribution in [0.4, 0.5) is 0 Å². The molecule has 130 valence electrons. The number of amides is 1. The van der Waals surface area contributed by atoms with Crippen molar-refractivity contribution in [3.8, 4) is 5.75 Å². The summed E-state index contributed by atoms with van der Waals surface area (Å²) in [5, 5.41) is 9.33. The van der Waals surface area contributed by atoms with E-state index in [0.717, 1.165) is 19.4 Å². The van der Waals surface area contributed by atoms with Gasteiger partial charge in [0.05, 0.1) is 17.1 Å². The normalized spacial score (nSPS) is 26.5. The molecular weight excluding hydrogens is 310 g/mol. The SMILES string of the molecule is C[C@]1(C(=O)O)CCN(C(=O)c2ccccc2OC[C@@H]2CCCO2)C1. The summed E-state index contributed by atoms with van der Waals surface area (Å²) in [4.78, 5) is 25.8. The molecule has 0 unspecified atom stereocenters. The molecule has 0 aromatic heterocycles. The van der Waals surface area contributed by atoms with Crippen LogP contribution >= 0.6 is 0 Å². The number of benzene rings is 1. The number of likely N-dealkylation sites (tertiary alicyclic amines) is 1. The standard InChI is InChI=1S/C18H23NO5/c1-18(17(21)22)8-9-19(12-18)16(20)14-6-2-3-7-15(14)24-11-13-5-4-10-23-13/h2-3,6-7,13H,4-5,8-12H2,1H3,(H,21,22)/t13-,18-/m0/s1. The zero-order chi connectivity index (χ0) is 17.2. The van der Waals surface area contributed by atoms with Gasteiger partial charge < -0.3 is 19.5 Å². The van der Waals surface area contributed by atoms with Gasteiger partial charge in [0.2, 0.25) is 0 Å². The number of carbonyl (C=O) groups is 2. The lowest BCUT2D eigenvalue weighted by atomic mass is 9.90. The second-order valence-electron chi connectivity index (χ2n) is 6.78. The molecule has 0 saturated carbocycles. The first-order valence-corrected chi connectivity index (χ1v) is 8.36. The number of ether oxygens (including phenoxy) is 2. The first-order valence-electron chi connectivity index (χ1n) is 8.36. The molecule has 6 heteroatoms. The number of aliphatic carboxylic acids is 1. The molecule has 1 aromatic rings. The summed E-state index contributed by atoms with van der Waals surface area (Å²) in [6.07, 6.45) is 2.55. The second kappa shape index (κ2) is 6.81. The Morgan fingerprint density at radius 2 is 2.21 bits per heavy atom. The molecule has 0 radical (unpaired) electrons. The Morgan fingerprint density at radius 3 is 2.88 bits per heavy atom. The van der Waals surface area contributed by atoms with Crippen molar-refractivity contribution in [1.82, 2.24) is 4.90 Å². The van der Waals surface area contributed by atoms with Crippen LogP contribution in [-0.2, 0) is 9.53 Å². The van der Waals surface area contributed by atoms with Crippen molar-refractivity contribution in [3.63, 3.8) is 0 Å².